The Morgan fingerprint density at radius 3 is 2.63 bits per heavy atom. The van der Waals surface area contributed by atoms with E-state index in [-0.39, 0.29) is 29.6 Å². The Balaban J connectivity index is 1.89. The van der Waals surface area contributed by atoms with Crippen LogP contribution in [0.15, 0.2) is 42.5 Å². The number of para-hydroxylation sites is 1. The summed E-state index contributed by atoms with van der Waals surface area (Å²) < 4.78 is 20.0. The average Bonchev–Trinajstić information content (AvgIpc) is 3.10. The highest BCUT2D eigenvalue weighted by molar-refractivity contribution is 5.73. The zero-order valence-electron chi connectivity index (χ0n) is 18.7. The molecule has 30 heavy (non-hydrogen) atoms. The van der Waals surface area contributed by atoms with Crippen LogP contribution in [0.25, 0.3) is 0 Å². The van der Waals surface area contributed by atoms with Crippen LogP contribution in [0.1, 0.15) is 43.4 Å². The molecule has 3 rings (SSSR count). The maximum Gasteiger partial charge on any atom is 0.219 e. The van der Waals surface area contributed by atoms with Crippen LogP contribution in [-0.2, 0) is 11.3 Å². The van der Waals surface area contributed by atoms with Gasteiger partial charge in [0.15, 0.2) is 0 Å². The Kier molecular flexibility index (Phi) is 7.14. The van der Waals surface area contributed by atoms with E-state index in [1.165, 1.54) is 0 Å². The highest BCUT2D eigenvalue weighted by Crippen LogP contribution is 2.38. The van der Waals surface area contributed by atoms with Crippen LogP contribution in [0.5, 0.6) is 5.75 Å². The topological polar surface area (TPSA) is 32.8 Å². The minimum atomic E-state index is -0.162. The lowest BCUT2D eigenvalue weighted by Crippen LogP contribution is -2.40. The highest BCUT2D eigenvalue weighted by Gasteiger charge is 2.37. The minimum Gasteiger partial charge on any atom is -0.496 e. The van der Waals surface area contributed by atoms with Crippen molar-refractivity contribution < 1.29 is 13.9 Å². The number of amides is 1. The molecule has 0 aliphatic carbocycles. The van der Waals surface area contributed by atoms with E-state index >= 15 is 0 Å². The van der Waals surface area contributed by atoms with Crippen molar-refractivity contribution in [1.82, 2.24) is 9.80 Å². The third kappa shape index (κ3) is 5.01. The number of aryl methyl sites for hydroxylation is 1. The number of halogens is 1. The number of hydrogen-bond donors (Lipinski definition) is 0. The molecule has 2 aromatic carbocycles. The molecule has 2 unspecified atom stereocenters. The first-order valence-corrected chi connectivity index (χ1v) is 10.7. The van der Waals surface area contributed by atoms with E-state index in [9.17, 15) is 9.18 Å². The summed E-state index contributed by atoms with van der Waals surface area (Å²) in [5, 5.41) is 0. The minimum absolute atomic E-state index is 0.0898. The van der Waals surface area contributed by atoms with Crippen molar-refractivity contribution in [3.8, 4) is 5.75 Å². The zero-order chi connectivity index (χ0) is 21.8. The van der Waals surface area contributed by atoms with Gasteiger partial charge in [-0.1, -0.05) is 35.9 Å². The monoisotopic (exact) mass is 412 g/mol. The van der Waals surface area contributed by atoms with Crippen molar-refractivity contribution in [2.45, 2.75) is 46.2 Å². The fourth-order valence-corrected chi connectivity index (χ4v) is 4.62. The van der Waals surface area contributed by atoms with Gasteiger partial charge in [0.2, 0.25) is 5.91 Å². The van der Waals surface area contributed by atoms with Gasteiger partial charge in [-0.25, -0.2) is 4.39 Å². The second kappa shape index (κ2) is 9.61. The van der Waals surface area contributed by atoms with Crippen molar-refractivity contribution >= 4 is 5.91 Å². The van der Waals surface area contributed by atoms with E-state index < -0.39 is 0 Å². The molecule has 0 N–H and O–H groups in total. The van der Waals surface area contributed by atoms with Crippen molar-refractivity contribution in [3.63, 3.8) is 0 Å². The van der Waals surface area contributed by atoms with E-state index in [1.54, 1.807) is 26.2 Å². The first-order chi connectivity index (χ1) is 14.3. The number of likely N-dealkylation sites (tertiary alicyclic amines) is 1. The quantitative estimate of drug-likeness (QED) is 0.666. The summed E-state index contributed by atoms with van der Waals surface area (Å²) in [7, 11) is 1.69. The van der Waals surface area contributed by atoms with Gasteiger partial charge in [-0.05, 0) is 44.4 Å². The molecule has 4 nitrogen and oxygen atoms in total. The SMILES string of the molecule is COc1ccccc1C1CN(Cc2cc(C)ccc2F)CC1CN(C(C)=O)C(C)C. The van der Waals surface area contributed by atoms with Crippen LogP contribution in [0, 0.1) is 18.7 Å². The number of benzene rings is 2. The van der Waals surface area contributed by atoms with Crippen molar-refractivity contribution in [1.29, 1.82) is 0 Å². The van der Waals surface area contributed by atoms with Gasteiger partial charge >= 0.3 is 0 Å². The number of hydrogen-bond acceptors (Lipinski definition) is 3. The predicted molar refractivity (Wildman–Crippen MR) is 118 cm³/mol. The van der Waals surface area contributed by atoms with Gasteiger partial charge in [0, 0.05) is 50.6 Å². The van der Waals surface area contributed by atoms with Gasteiger partial charge in [0.25, 0.3) is 0 Å². The third-order valence-corrected chi connectivity index (χ3v) is 6.11. The van der Waals surface area contributed by atoms with Crippen LogP contribution >= 0.6 is 0 Å². The molecule has 0 bridgehead atoms. The van der Waals surface area contributed by atoms with Gasteiger partial charge in [0.05, 0.1) is 7.11 Å². The molecular formula is C25H33FN2O2. The number of ether oxygens (including phenoxy) is 1. The fraction of sp³-hybridized carbons (Fsp3) is 0.480. The van der Waals surface area contributed by atoms with Gasteiger partial charge in [-0.3, -0.25) is 9.69 Å². The van der Waals surface area contributed by atoms with Crippen LogP contribution in [0.2, 0.25) is 0 Å². The van der Waals surface area contributed by atoms with Crippen LogP contribution in [0.3, 0.4) is 0 Å². The summed E-state index contributed by atoms with van der Waals surface area (Å²) in [4.78, 5) is 16.5. The molecule has 1 fully saturated rings. The molecule has 1 heterocycles. The molecule has 0 aromatic heterocycles. The van der Waals surface area contributed by atoms with E-state index in [2.05, 4.69) is 11.0 Å². The molecule has 2 aromatic rings. The maximum atomic E-state index is 14.4. The van der Waals surface area contributed by atoms with Crippen LogP contribution in [0.4, 0.5) is 4.39 Å². The summed E-state index contributed by atoms with van der Waals surface area (Å²) in [6.45, 7) is 10.6. The van der Waals surface area contributed by atoms with Crippen LogP contribution < -0.4 is 4.74 Å². The largest absolute Gasteiger partial charge is 0.496 e. The Labute approximate surface area is 179 Å². The molecule has 162 valence electrons. The summed E-state index contributed by atoms with van der Waals surface area (Å²) in [5.74, 6) is 1.27. The van der Waals surface area contributed by atoms with Gasteiger partial charge in [-0.2, -0.15) is 0 Å². The third-order valence-electron chi connectivity index (χ3n) is 6.11. The number of rotatable bonds is 7. The summed E-state index contributed by atoms with van der Waals surface area (Å²) in [5.41, 5.74) is 2.94. The lowest BCUT2D eigenvalue weighted by Gasteiger charge is -2.31. The zero-order valence-corrected chi connectivity index (χ0v) is 18.7. The molecule has 2 atom stereocenters. The average molecular weight is 413 g/mol. The van der Waals surface area contributed by atoms with Crippen molar-refractivity contribution in [2.24, 2.45) is 5.92 Å². The van der Waals surface area contributed by atoms with E-state index in [1.807, 2.05) is 49.9 Å². The number of methoxy groups -OCH3 is 1. The smallest absolute Gasteiger partial charge is 0.219 e. The Morgan fingerprint density at radius 2 is 1.97 bits per heavy atom. The van der Waals surface area contributed by atoms with E-state index in [4.69, 9.17) is 4.74 Å². The normalized spacial score (nSPS) is 19.3. The van der Waals surface area contributed by atoms with Gasteiger partial charge in [0.1, 0.15) is 11.6 Å². The Morgan fingerprint density at radius 1 is 1.23 bits per heavy atom. The summed E-state index contributed by atoms with van der Waals surface area (Å²) >= 11 is 0. The maximum absolute atomic E-state index is 14.4. The lowest BCUT2D eigenvalue weighted by molar-refractivity contribution is -0.131. The summed E-state index contributed by atoms with van der Waals surface area (Å²) in [6, 6.07) is 13.5. The fourth-order valence-electron chi connectivity index (χ4n) is 4.62. The number of carbonyl (C=O) groups excluding carboxylic acids is 1. The van der Waals surface area contributed by atoms with Crippen molar-refractivity contribution in [2.75, 3.05) is 26.7 Å². The van der Waals surface area contributed by atoms with Crippen LogP contribution in [-0.4, -0.2) is 48.5 Å². The first kappa shape index (κ1) is 22.3. The predicted octanol–water partition coefficient (Wildman–Crippen LogP) is 4.62. The molecule has 5 heteroatoms. The first-order valence-electron chi connectivity index (χ1n) is 10.7. The molecule has 1 aliphatic rings. The standard InChI is InChI=1S/C25H33FN2O2/c1-17(2)28(19(4)29)15-21-14-27(13-20-12-18(3)10-11-24(20)26)16-23(21)22-8-6-7-9-25(22)30-5/h6-12,17,21,23H,13-16H2,1-5H3. The lowest BCUT2D eigenvalue weighted by atomic mass is 9.87. The molecule has 0 radical (unpaired) electrons. The number of carbonyl (C=O) groups is 1. The van der Waals surface area contributed by atoms with E-state index in [0.29, 0.717) is 13.1 Å². The molecule has 0 saturated carbocycles. The van der Waals surface area contributed by atoms with Gasteiger partial charge < -0.3 is 9.64 Å². The Hall–Kier alpha value is -2.40. The molecule has 1 aliphatic heterocycles. The molecule has 1 amide bonds. The Bertz CT molecular complexity index is 883. The summed E-state index contributed by atoms with van der Waals surface area (Å²) in [6.07, 6.45) is 0. The second-order valence-corrected chi connectivity index (χ2v) is 8.66. The van der Waals surface area contributed by atoms with Gasteiger partial charge in [-0.15, -0.1) is 0 Å². The van der Waals surface area contributed by atoms with Crippen molar-refractivity contribution in [3.05, 3.63) is 65.0 Å². The second-order valence-electron chi connectivity index (χ2n) is 8.66. The highest BCUT2D eigenvalue weighted by atomic mass is 19.1. The van der Waals surface area contributed by atoms with E-state index in [0.717, 1.165) is 35.5 Å². The molecule has 0 spiro atoms. The molecular weight excluding hydrogens is 379 g/mol. The molecule has 1 saturated heterocycles. The number of nitrogens with zero attached hydrogens (tertiary/aromatic N) is 2.